The number of nitrogens with zero attached hydrogens (tertiary/aromatic N) is 1. The maximum Gasteiger partial charge on any atom is 0.126 e. The number of benzene rings is 1. The number of thiazole rings is 1. The van der Waals surface area contributed by atoms with Crippen LogP contribution < -0.4 is 5.32 Å². The van der Waals surface area contributed by atoms with E-state index < -0.39 is 0 Å². The van der Waals surface area contributed by atoms with Crippen LogP contribution in [0.5, 0.6) is 0 Å². The first-order chi connectivity index (χ1) is 9.77. The van der Waals surface area contributed by atoms with Crippen LogP contribution in [-0.2, 0) is 12.0 Å². The highest BCUT2D eigenvalue weighted by Crippen LogP contribution is 2.24. The summed E-state index contributed by atoms with van der Waals surface area (Å²) in [5.74, 6) is -0.148. The van der Waals surface area contributed by atoms with Crippen LogP contribution in [-0.4, -0.2) is 4.98 Å². The van der Waals surface area contributed by atoms with Crippen molar-refractivity contribution in [3.8, 4) is 0 Å². The van der Waals surface area contributed by atoms with Crippen LogP contribution in [0.1, 0.15) is 55.6 Å². The van der Waals surface area contributed by atoms with Crippen LogP contribution in [0.15, 0.2) is 23.6 Å². The van der Waals surface area contributed by atoms with Gasteiger partial charge in [-0.2, -0.15) is 0 Å². The molecule has 0 saturated carbocycles. The summed E-state index contributed by atoms with van der Waals surface area (Å²) < 4.78 is 13.6. The molecule has 1 atom stereocenters. The Bertz CT molecular complexity index is 613. The lowest BCUT2D eigenvalue weighted by atomic mass is 9.93. The van der Waals surface area contributed by atoms with E-state index in [-0.39, 0.29) is 17.3 Å². The van der Waals surface area contributed by atoms with Crippen molar-refractivity contribution in [3.63, 3.8) is 0 Å². The van der Waals surface area contributed by atoms with E-state index in [9.17, 15) is 4.39 Å². The molecule has 2 rings (SSSR count). The van der Waals surface area contributed by atoms with Gasteiger partial charge in [0.05, 0.1) is 5.69 Å². The topological polar surface area (TPSA) is 24.9 Å². The first-order valence-corrected chi connectivity index (χ1v) is 8.09. The third-order valence-electron chi connectivity index (χ3n) is 3.58. The molecule has 0 saturated heterocycles. The van der Waals surface area contributed by atoms with Gasteiger partial charge in [0.2, 0.25) is 0 Å². The van der Waals surface area contributed by atoms with E-state index in [2.05, 4.69) is 36.5 Å². The minimum atomic E-state index is -0.148. The molecule has 1 heterocycles. The van der Waals surface area contributed by atoms with E-state index in [1.54, 1.807) is 24.3 Å². The van der Waals surface area contributed by atoms with Crippen LogP contribution in [0.2, 0.25) is 0 Å². The van der Waals surface area contributed by atoms with E-state index >= 15 is 0 Å². The van der Waals surface area contributed by atoms with E-state index in [0.29, 0.717) is 12.1 Å². The number of aromatic nitrogens is 1. The molecule has 0 spiro atoms. The lowest BCUT2D eigenvalue weighted by Crippen LogP contribution is -2.18. The number of halogens is 1. The Balaban J connectivity index is 1.99. The summed E-state index contributed by atoms with van der Waals surface area (Å²) in [5, 5.41) is 6.60. The summed E-state index contributed by atoms with van der Waals surface area (Å²) in [6, 6.07) is 5.50. The molecule has 1 N–H and O–H groups in total. The molecule has 1 unspecified atom stereocenters. The van der Waals surface area contributed by atoms with Crippen LogP contribution in [0.3, 0.4) is 0 Å². The Morgan fingerprint density at radius 3 is 2.62 bits per heavy atom. The second-order valence-corrected chi connectivity index (χ2v) is 7.43. The number of hydrogen-bond donors (Lipinski definition) is 1. The quantitative estimate of drug-likeness (QED) is 0.882. The van der Waals surface area contributed by atoms with Crippen LogP contribution in [0, 0.1) is 12.7 Å². The average Bonchev–Trinajstić information content (AvgIpc) is 2.88. The Hall–Kier alpha value is -1.26. The lowest BCUT2D eigenvalue weighted by molar-refractivity contribution is 0.549. The van der Waals surface area contributed by atoms with Crippen molar-refractivity contribution in [1.29, 1.82) is 0 Å². The van der Waals surface area contributed by atoms with Crippen molar-refractivity contribution in [2.24, 2.45) is 0 Å². The molecule has 2 aromatic rings. The van der Waals surface area contributed by atoms with Gasteiger partial charge in [0, 0.05) is 23.4 Å². The first kappa shape index (κ1) is 16.1. The summed E-state index contributed by atoms with van der Waals surface area (Å²) in [4.78, 5) is 4.66. The summed E-state index contributed by atoms with van der Waals surface area (Å²) in [6.07, 6.45) is 0. The van der Waals surface area contributed by atoms with Crippen molar-refractivity contribution in [2.75, 3.05) is 0 Å². The van der Waals surface area contributed by atoms with Gasteiger partial charge < -0.3 is 5.32 Å². The van der Waals surface area contributed by atoms with Gasteiger partial charge in [-0.1, -0.05) is 32.9 Å². The van der Waals surface area contributed by atoms with Gasteiger partial charge in [-0.3, -0.25) is 0 Å². The fraction of sp³-hybridized carbons (Fsp3) is 0.471. The van der Waals surface area contributed by atoms with Crippen LogP contribution in [0.4, 0.5) is 4.39 Å². The van der Waals surface area contributed by atoms with Crippen molar-refractivity contribution >= 4 is 11.3 Å². The summed E-state index contributed by atoms with van der Waals surface area (Å²) in [7, 11) is 0. The highest BCUT2D eigenvalue weighted by atomic mass is 32.1. The van der Waals surface area contributed by atoms with Crippen molar-refractivity contribution < 1.29 is 4.39 Å². The zero-order valence-electron chi connectivity index (χ0n) is 13.3. The van der Waals surface area contributed by atoms with E-state index in [0.717, 1.165) is 16.3 Å². The lowest BCUT2D eigenvalue weighted by Gasteiger charge is -2.15. The Morgan fingerprint density at radius 1 is 1.33 bits per heavy atom. The Morgan fingerprint density at radius 2 is 2.05 bits per heavy atom. The molecule has 0 fully saturated rings. The Kier molecular flexibility index (Phi) is 4.79. The average molecular weight is 306 g/mol. The molecular formula is C17H23FN2S. The van der Waals surface area contributed by atoms with Gasteiger partial charge in [-0.15, -0.1) is 11.3 Å². The minimum Gasteiger partial charge on any atom is -0.304 e. The summed E-state index contributed by atoms with van der Waals surface area (Å²) in [5.41, 5.74) is 2.85. The van der Waals surface area contributed by atoms with Crippen molar-refractivity contribution in [1.82, 2.24) is 10.3 Å². The number of aryl methyl sites for hydroxylation is 1. The molecule has 0 aliphatic carbocycles. The molecular weight excluding hydrogens is 283 g/mol. The minimum absolute atomic E-state index is 0.0838. The predicted octanol–water partition coefficient (Wildman–Crippen LogP) is 4.74. The molecule has 0 aliphatic heterocycles. The normalized spacial score (nSPS) is 13.4. The van der Waals surface area contributed by atoms with Gasteiger partial charge in [0.25, 0.3) is 0 Å². The standard InChI is InChI=1S/C17H23FN2S/c1-11-6-7-13(8-14(11)18)12(2)19-9-16-20-15(10-21-16)17(3,4)5/h6-8,10,12,19H,9H2,1-5H3. The second kappa shape index (κ2) is 6.24. The monoisotopic (exact) mass is 306 g/mol. The maximum atomic E-state index is 13.6. The van der Waals surface area contributed by atoms with Crippen molar-refractivity contribution in [3.05, 3.63) is 51.2 Å². The van der Waals surface area contributed by atoms with E-state index in [1.165, 1.54) is 0 Å². The number of rotatable bonds is 4. The van der Waals surface area contributed by atoms with Gasteiger partial charge in [0.1, 0.15) is 10.8 Å². The molecule has 0 aliphatic rings. The van der Waals surface area contributed by atoms with E-state index in [1.807, 2.05) is 19.1 Å². The van der Waals surface area contributed by atoms with Gasteiger partial charge in [0.15, 0.2) is 0 Å². The first-order valence-electron chi connectivity index (χ1n) is 7.21. The Labute approximate surface area is 130 Å². The zero-order valence-corrected chi connectivity index (χ0v) is 14.1. The van der Waals surface area contributed by atoms with Crippen LogP contribution in [0.25, 0.3) is 0 Å². The van der Waals surface area contributed by atoms with Gasteiger partial charge >= 0.3 is 0 Å². The molecule has 114 valence electrons. The summed E-state index contributed by atoms with van der Waals surface area (Å²) in [6.45, 7) is 11.0. The molecule has 2 nitrogen and oxygen atoms in total. The fourth-order valence-electron chi connectivity index (χ4n) is 1.97. The smallest absolute Gasteiger partial charge is 0.126 e. The van der Waals surface area contributed by atoms with Gasteiger partial charge in [-0.05, 0) is 31.0 Å². The maximum absolute atomic E-state index is 13.6. The highest BCUT2D eigenvalue weighted by Gasteiger charge is 2.17. The van der Waals surface area contributed by atoms with E-state index in [4.69, 9.17) is 0 Å². The molecule has 4 heteroatoms. The predicted molar refractivity (Wildman–Crippen MR) is 87.2 cm³/mol. The molecule has 1 aromatic heterocycles. The molecule has 0 radical (unpaired) electrons. The second-order valence-electron chi connectivity index (χ2n) is 6.49. The fourth-order valence-corrected chi connectivity index (χ4v) is 2.94. The zero-order chi connectivity index (χ0) is 15.6. The van der Waals surface area contributed by atoms with Gasteiger partial charge in [-0.25, -0.2) is 9.37 Å². The largest absolute Gasteiger partial charge is 0.304 e. The molecule has 0 amide bonds. The molecule has 21 heavy (non-hydrogen) atoms. The third kappa shape index (κ3) is 4.11. The van der Waals surface area contributed by atoms with Crippen LogP contribution >= 0.6 is 11.3 Å². The number of hydrogen-bond acceptors (Lipinski definition) is 3. The SMILES string of the molecule is Cc1ccc(C(C)NCc2nc(C(C)(C)C)cs2)cc1F. The highest BCUT2D eigenvalue weighted by molar-refractivity contribution is 7.09. The van der Waals surface area contributed by atoms with Crippen molar-refractivity contribution in [2.45, 2.75) is 52.6 Å². The summed E-state index contributed by atoms with van der Waals surface area (Å²) >= 11 is 1.67. The number of nitrogens with one attached hydrogen (secondary N) is 1. The molecule has 1 aromatic carbocycles. The third-order valence-corrected chi connectivity index (χ3v) is 4.42. The molecule has 0 bridgehead atoms.